The second kappa shape index (κ2) is 5.55. The molecule has 24 heavy (non-hydrogen) atoms. The van der Waals surface area contributed by atoms with E-state index in [1.165, 1.54) is 21.1 Å². The molecule has 0 saturated heterocycles. The summed E-state index contributed by atoms with van der Waals surface area (Å²) in [6, 6.07) is 8.91. The molecule has 8 heteroatoms. The second-order valence-electron chi connectivity index (χ2n) is 5.86. The van der Waals surface area contributed by atoms with Gasteiger partial charge in [0.1, 0.15) is 6.26 Å². The summed E-state index contributed by atoms with van der Waals surface area (Å²) in [5.41, 5.74) is 1.81. The molecule has 0 unspecified atom stereocenters. The Labute approximate surface area is 140 Å². The second-order valence-corrected chi connectivity index (χ2v) is 7.59. The number of fused-ring (bicyclic) bond motifs is 1. The molecule has 1 aliphatic heterocycles. The molecule has 1 aliphatic carbocycles. The summed E-state index contributed by atoms with van der Waals surface area (Å²) in [6.07, 6.45) is 4.55. The zero-order valence-electron chi connectivity index (χ0n) is 12.9. The lowest BCUT2D eigenvalue weighted by molar-refractivity contribution is 0.0954. The van der Waals surface area contributed by atoms with Crippen LogP contribution in [-0.4, -0.2) is 33.5 Å². The van der Waals surface area contributed by atoms with Crippen molar-refractivity contribution >= 4 is 27.5 Å². The fraction of sp³-hybridized carbons (Fsp3) is 0.312. The van der Waals surface area contributed by atoms with Gasteiger partial charge in [-0.2, -0.15) is 8.42 Å². The quantitative estimate of drug-likeness (QED) is 0.893. The summed E-state index contributed by atoms with van der Waals surface area (Å²) in [7, 11) is -3.58. The van der Waals surface area contributed by atoms with Crippen LogP contribution in [0.1, 0.15) is 23.2 Å². The Morgan fingerprint density at radius 2 is 1.96 bits per heavy atom. The van der Waals surface area contributed by atoms with Crippen molar-refractivity contribution in [1.82, 2.24) is 5.32 Å². The van der Waals surface area contributed by atoms with Crippen molar-refractivity contribution in [1.29, 1.82) is 0 Å². The van der Waals surface area contributed by atoms with Gasteiger partial charge in [-0.05, 0) is 31.0 Å². The minimum absolute atomic E-state index is 0.0571. The fourth-order valence-electron chi connectivity index (χ4n) is 2.91. The number of carbonyl (C=O) groups excluding carboxylic acids is 1. The highest BCUT2D eigenvalue weighted by Gasteiger charge is 2.47. The molecule has 0 spiro atoms. The van der Waals surface area contributed by atoms with Crippen molar-refractivity contribution in [3.05, 3.63) is 48.4 Å². The van der Waals surface area contributed by atoms with Gasteiger partial charge in [-0.3, -0.25) is 4.79 Å². The Morgan fingerprint density at radius 1 is 1.21 bits per heavy atom. The van der Waals surface area contributed by atoms with Crippen molar-refractivity contribution in [2.45, 2.75) is 18.9 Å². The first-order valence-electron chi connectivity index (χ1n) is 7.80. The molecule has 1 aromatic carbocycles. The molecule has 1 aromatic heterocycles. The zero-order chi connectivity index (χ0) is 16.7. The summed E-state index contributed by atoms with van der Waals surface area (Å²) in [5, 5.41) is 2.72. The third-order valence-corrected chi connectivity index (χ3v) is 6.11. The first kappa shape index (κ1) is 15.1. The van der Waals surface area contributed by atoms with Crippen LogP contribution in [-0.2, 0) is 10.2 Å². The van der Waals surface area contributed by atoms with Crippen molar-refractivity contribution in [2.75, 3.05) is 21.7 Å². The monoisotopic (exact) mass is 347 g/mol. The third-order valence-electron chi connectivity index (χ3n) is 4.18. The molecule has 1 saturated carbocycles. The van der Waals surface area contributed by atoms with Crippen molar-refractivity contribution in [2.24, 2.45) is 0 Å². The number of hydrogen-bond donors (Lipinski definition) is 1. The van der Waals surface area contributed by atoms with Gasteiger partial charge in [0.2, 0.25) is 0 Å². The van der Waals surface area contributed by atoms with Gasteiger partial charge in [0.05, 0.1) is 29.7 Å². The van der Waals surface area contributed by atoms with Crippen molar-refractivity contribution in [3.63, 3.8) is 0 Å². The average Bonchev–Trinajstić information content (AvgIpc) is 3.16. The van der Waals surface area contributed by atoms with Gasteiger partial charge in [-0.1, -0.05) is 12.1 Å². The topological polar surface area (TPSA) is 82.9 Å². The van der Waals surface area contributed by atoms with Gasteiger partial charge < -0.3 is 9.73 Å². The van der Waals surface area contributed by atoms with E-state index in [0.717, 1.165) is 18.5 Å². The third kappa shape index (κ3) is 2.43. The average molecular weight is 347 g/mol. The molecule has 1 amide bonds. The number of furan rings is 1. The molecule has 0 atom stereocenters. The lowest BCUT2D eigenvalue weighted by Crippen LogP contribution is -2.42. The zero-order valence-corrected chi connectivity index (χ0v) is 13.7. The predicted molar refractivity (Wildman–Crippen MR) is 89.3 cm³/mol. The highest BCUT2D eigenvalue weighted by molar-refractivity contribution is 7.94. The highest BCUT2D eigenvalue weighted by Crippen LogP contribution is 2.46. The summed E-state index contributed by atoms with van der Waals surface area (Å²) >= 11 is 0. The van der Waals surface area contributed by atoms with E-state index in [2.05, 4.69) is 5.32 Å². The molecular weight excluding hydrogens is 330 g/mol. The fourth-order valence-corrected chi connectivity index (χ4v) is 4.84. The highest BCUT2D eigenvalue weighted by atomic mass is 32.2. The van der Waals surface area contributed by atoms with Gasteiger partial charge in [-0.15, -0.1) is 0 Å². The maximum atomic E-state index is 12.9. The largest absolute Gasteiger partial charge is 0.472 e. The number of para-hydroxylation sites is 2. The number of amides is 1. The number of rotatable bonds is 5. The summed E-state index contributed by atoms with van der Waals surface area (Å²) < 4.78 is 33.5. The molecule has 4 rings (SSSR count). The lowest BCUT2D eigenvalue weighted by atomic mass is 10.2. The van der Waals surface area contributed by atoms with E-state index < -0.39 is 10.2 Å². The molecule has 2 aromatic rings. The summed E-state index contributed by atoms with van der Waals surface area (Å²) in [6.45, 7) is 0.405. The molecule has 7 nitrogen and oxygen atoms in total. The SMILES string of the molecule is O=C(NCCN1c2ccccc2N(C2CC2)S1(=O)=O)c1ccoc1. The molecule has 1 fully saturated rings. The van der Waals surface area contributed by atoms with E-state index in [1.807, 2.05) is 18.2 Å². The van der Waals surface area contributed by atoms with Crippen LogP contribution in [0.5, 0.6) is 0 Å². The van der Waals surface area contributed by atoms with Crippen LogP contribution in [0.15, 0.2) is 47.3 Å². The number of carbonyl (C=O) groups is 1. The molecule has 0 radical (unpaired) electrons. The van der Waals surface area contributed by atoms with E-state index in [4.69, 9.17) is 4.42 Å². The molecule has 2 heterocycles. The van der Waals surface area contributed by atoms with Gasteiger partial charge in [0.25, 0.3) is 5.91 Å². The van der Waals surface area contributed by atoms with E-state index in [-0.39, 0.29) is 25.0 Å². The van der Waals surface area contributed by atoms with Gasteiger partial charge in [0, 0.05) is 12.6 Å². The van der Waals surface area contributed by atoms with E-state index in [9.17, 15) is 13.2 Å². The minimum atomic E-state index is -3.58. The van der Waals surface area contributed by atoms with E-state index in [0.29, 0.717) is 11.3 Å². The number of benzene rings is 1. The van der Waals surface area contributed by atoms with Gasteiger partial charge in [0.15, 0.2) is 0 Å². The standard InChI is InChI=1S/C16H17N3O4S/c20-16(12-7-10-23-11-12)17-8-9-18-14-3-1-2-4-15(14)19(13-5-6-13)24(18,21)22/h1-4,7,10-11,13H,5-6,8-9H2,(H,17,20). The van der Waals surface area contributed by atoms with Crippen LogP contribution in [0.25, 0.3) is 0 Å². The lowest BCUT2D eigenvalue weighted by Gasteiger charge is -2.21. The number of nitrogens with one attached hydrogen (secondary N) is 1. The summed E-state index contributed by atoms with van der Waals surface area (Å²) in [4.78, 5) is 11.9. The number of anilines is 2. The molecule has 2 aliphatic rings. The number of nitrogens with zero attached hydrogens (tertiary/aromatic N) is 2. The Balaban J connectivity index is 1.51. The van der Waals surface area contributed by atoms with Crippen LogP contribution in [0.2, 0.25) is 0 Å². The van der Waals surface area contributed by atoms with Crippen LogP contribution in [0.3, 0.4) is 0 Å². The normalized spacial score (nSPS) is 18.5. The first-order valence-corrected chi connectivity index (χ1v) is 9.20. The van der Waals surface area contributed by atoms with Crippen molar-refractivity contribution in [3.8, 4) is 0 Å². The smallest absolute Gasteiger partial charge is 0.326 e. The van der Waals surface area contributed by atoms with E-state index >= 15 is 0 Å². The maximum absolute atomic E-state index is 12.9. The Morgan fingerprint density at radius 3 is 2.62 bits per heavy atom. The van der Waals surface area contributed by atoms with Crippen LogP contribution >= 0.6 is 0 Å². The maximum Gasteiger partial charge on any atom is 0.326 e. The number of hydrogen-bond acceptors (Lipinski definition) is 4. The molecule has 0 bridgehead atoms. The first-order chi connectivity index (χ1) is 11.6. The Kier molecular flexibility index (Phi) is 3.49. The van der Waals surface area contributed by atoms with Crippen LogP contribution in [0, 0.1) is 0 Å². The Hall–Kier alpha value is -2.48. The predicted octanol–water partition coefficient (Wildman–Crippen LogP) is 1.74. The molecule has 126 valence electrons. The van der Waals surface area contributed by atoms with Crippen LogP contribution in [0.4, 0.5) is 11.4 Å². The molecule has 1 N–H and O–H groups in total. The minimum Gasteiger partial charge on any atom is -0.472 e. The summed E-state index contributed by atoms with van der Waals surface area (Å²) in [5.74, 6) is -0.285. The van der Waals surface area contributed by atoms with Crippen molar-refractivity contribution < 1.29 is 17.6 Å². The molecular formula is C16H17N3O4S. The van der Waals surface area contributed by atoms with Gasteiger partial charge in [-0.25, -0.2) is 8.61 Å². The van der Waals surface area contributed by atoms with Gasteiger partial charge >= 0.3 is 10.2 Å². The Bertz CT molecular complexity index is 859. The van der Waals surface area contributed by atoms with E-state index in [1.54, 1.807) is 12.1 Å². The van der Waals surface area contributed by atoms with Crippen LogP contribution < -0.4 is 13.9 Å².